The first-order valence-electron chi connectivity index (χ1n) is 6.34. The molecule has 0 spiro atoms. The number of ether oxygens (including phenoxy) is 1. The van der Waals surface area contributed by atoms with Crippen molar-refractivity contribution in [3.05, 3.63) is 66.2 Å². The van der Waals surface area contributed by atoms with Gasteiger partial charge in [0.05, 0.1) is 10.8 Å². The van der Waals surface area contributed by atoms with E-state index in [1.54, 1.807) is 31.2 Å². The van der Waals surface area contributed by atoms with Crippen molar-refractivity contribution in [1.29, 1.82) is 0 Å². The Balaban J connectivity index is 1.94. The maximum atomic E-state index is 12.2. The fourth-order valence-corrected chi connectivity index (χ4v) is 2.77. The highest BCUT2D eigenvalue weighted by Gasteiger charge is 2.22. The maximum Gasteiger partial charge on any atom is 0.322 e. The lowest BCUT2D eigenvalue weighted by Gasteiger charge is -2.11. The van der Waals surface area contributed by atoms with Gasteiger partial charge in [-0.25, -0.2) is 0 Å². The van der Waals surface area contributed by atoms with Crippen LogP contribution >= 0.6 is 0 Å². The standard InChI is InChI=1S/C16H16O3S/c1-13(20(18)15-10-6-3-7-11-15)16(17)19-12-14-8-4-2-5-9-14/h2-11,13H,12H2,1H3. The van der Waals surface area contributed by atoms with E-state index in [2.05, 4.69) is 0 Å². The Kier molecular flexibility index (Phi) is 5.07. The van der Waals surface area contributed by atoms with Crippen LogP contribution in [0.2, 0.25) is 0 Å². The van der Waals surface area contributed by atoms with Crippen LogP contribution < -0.4 is 0 Å². The normalized spacial score (nSPS) is 13.4. The van der Waals surface area contributed by atoms with Gasteiger partial charge in [-0.15, -0.1) is 0 Å². The average Bonchev–Trinajstić information content (AvgIpc) is 2.53. The van der Waals surface area contributed by atoms with Crippen LogP contribution in [0, 0.1) is 0 Å². The lowest BCUT2D eigenvalue weighted by Crippen LogP contribution is -2.25. The van der Waals surface area contributed by atoms with Gasteiger partial charge in [-0.2, -0.15) is 0 Å². The van der Waals surface area contributed by atoms with E-state index in [4.69, 9.17) is 4.74 Å². The predicted octanol–water partition coefficient (Wildman–Crippen LogP) is 2.93. The highest BCUT2D eigenvalue weighted by atomic mass is 32.2. The second-order valence-corrected chi connectivity index (χ2v) is 6.12. The van der Waals surface area contributed by atoms with Crippen molar-refractivity contribution in [2.24, 2.45) is 0 Å². The van der Waals surface area contributed by atoms with Gasteiger partial charge in [-0.3, -0.25) is 9.00 Å². The number of hydrogen-bond acceptors (Lipinski definition) is 3. The third-order valence-corrected chi connectivity index (χ3v) is 4.42. The molecule has 0 saturated carbocycles. The fraction of sp³-hybridized carbons (Fsp3) is 0.188. The van der Waals surface area contributed by atoms with E-state index < -0.39 is 22.0 Å². The summed E-state index contributed by atoms with van der Waals surface area (Å²) < 4.78 is 17.4. The maximum absolute atomic E-state index is 12.2. The Labute approximate surface area is 121 Å². The minimum Gasteiger partial charge on any atom is -0.460 e. The average molecular weight is 288 g/mol. The minimum absolute atomic E-state index is 0.204. The topological polar surface area (TPSA) is 43.4 Å². The molecule has 104 valence electrons. The molecule has 4 heteroatoms. The molecule has 0 N–H and O–H groups in total. The van der Waals surface area contributed by atoms with E-state index in [1.807, 2.05) is 36.4 Å². The SMILES string of the molecule is CC(C(=O)OCc1ccccc1)S(=O)c1ccccc1. The van der Waals surface area contributed by atoms with Crippen LogP contribution in [-0.4, -0.2) is 15.4 Å². The van der Waals surface area contributed by atoms with Crippen molar-refractivity contribution in [3.8, 4) is 0 Å². The quantitative estimate of drug-likeness (QED) is 0.795. The van der Waals surface area contributed by atoms with Crippen LogP contribution in [0.15, 0.2) is 65.6 Å². The van der Waals surface area contributed by atoms with Crippen LogP contribution in [-0.2, 0) is 26.9 Å². The van der Waals surface area contributed by atoms with E-state index in [9.17, 15) is 9.00 Å². The third kappa shape index (κ3) is 3.78. The first-order valence-corrected chi connectivity index (χ1v) is 7.56. The molecule has 0 aliphatic carbocycles. The van der Waals surface area contributed by atoms with Gasteiger partial charge in [0.1, 0.15) is 11.9 Å². The molecular weight excluding hydrogens is 272 g/mol. The molecule has 0 amide bonds. The summed E-state index contributed by atoms with van der Waals surface area (Å²) in [4.78, 5) is 12.6. The summed E-state index contributed by atoms with van der Waals surface area (Å²) in [5, 5.41) is -0.680. The van der Waals surface area contributed by atoms with E-state index in [0.717, 1.165) is 5.56 Å². The van der Waals surface area contributed by atoms with Crippen LogP contribution in [0.1, 0.15) is 12.5 Å². The van der Waals surface area contributed by atoms with Gasteiger partial charge in [-0.05, 0) is 24.6 Å². The van der Waals surface area contributed by atoms with E-state index in [0.29, 0.717) is 4.90 Å². The summed E-state index contributed by atoms with van der Waals surface area (Å²) in [6.45, 7) is 1.83. The van der Waals surface area contributed by atoms with Crippen molar-refractivity contribution in [2.75, 3.05) is 0 Å². The molecule has 0 radical (unpaired) electrons. The Bertz CT molecular complexity index is 581. The Morgan fingerprint density at radius 3 is 2.20 bits per heavy atom. The molecule has 0 saturated heterocycles. The summed E-state index contributed by atoms with van der Waals surface area (Å²) in [6, 6.07) is 18.4. The van der Waals surface area contributed by atoms with Crippen molar-refractivity contribution in [3.63, 3.8) is 0 Å². The van der Waals surface area contributed by atoms with E-state index >= 15 is 0 Å². The predicted molar refractivity (Wildman–Crippen MR) is 78.6 cm³/mol. The lowest BCUT2D eigenvalue weighted by atomic mass is 10.2. The van der Waals surface area contributed by atoms with Gasteiger partial charge in [0, 0.05) is 4.90 Å². The number of hydrogen-bond donors (Lipinski definition) is 0. The van der Waals surface area contributed by atoms with Crippen molar-refractivity contribution >= 4 is 16.8 Å². The van der Waals surface area contributed by atoms with Crippen LogP contribution in [0.5, 0.6) is 0 Å². The molecule has 0 bridgehead atoms. The molecule has 0 aliphatic rings. The van der Waals surface area contributed by atoms with Gasteiger partial charge < -0.3 is 4.74 Å². The second-order valence-electron chi connectivity index (χ2n) is 4.35. The highest BCUT2D eigenvalue weighted by molar-refractivity contribution is 7.86. The summed E-state index contributed by atoms with van der Waals surface area (Å²) >= 11 is 0. The molecule has 2 aromatic carbocycles. The summed E-state index contributed by atoms with van der Waals surface area (Å²) in [6.07, 6.45) is 0. The number of esters is 1. The zero-order chi connectivity index (χ0) is 14.4. The molecule has 0 aliphatic heterocycles. The van der Waals surface area contributed by atoms with Crippen LogP contribution in [0.3, 0.4) is 0 Å². The molecule has 2 atom stereocenters. The molecule has 2 rings (SSSR count). The van der Waals surface area contributed by atoms with Gasteiger partial charge in [0.15, 0.2) is 0 Å². The van der Waals surface area contributed by atoms with Gasteiger partial charge in [0.25, 0.3) is 0 Å². The molecule has 2 unspecified atom stereocenters. The highest BCUT2D eigenvalue weighted by Crippen LogP contribution is 2.12. The fourth-order valence-electron chi connectivity index (χ4n) is 1.69. The minimum atomic E-state index is -1.39. The number of rotatable bonds is 5. The molecule has 0 aromatic heterocycles. The van der Waals surface area contributed by atoms with E-state index in [-0.39, 0.29) is 6.61 Å². The van der Waals surface area contributed by atoms with Crippen molar-refractivity contribution in [1.82, 2.24) is 0 Å². The van der Waals surface area contributed by atoms with E-state index in [1.165, 1.54) is 0 Å². The number of carbonyl (C=O) groups is 1. The van der Waals surface area contributed by atoms with Gasteiger partial charge >= 0.3 is 5.97 Å². The van der Waals surface area contributed by atoms with Crippen LogP contribution in [0.4, 0.5) is 0 Å². The lowest BCUT2D eigenvalue weighted by molar-refractivity contribution is -0.144. The number of carbonyl (C=O) groups excluding carboxylic acids is 1. The Morgan fingerprint density at radius 1 is 1.05 bits per heavy atom. The van der Waals surface area contributed by atoms with Crippen molar-refractivity contribution in [2.45, 2.75) is 23.7 Å². The molecule has 0 fully saturated rings. The van der Waals surface area contributed by atoms with Crippen LogP contribution in [0.25, 0.3) is 0 Å². The Morgan fingerprint density at radius 2 is 1.60 bits per heavy atom. The zero-order valence-corrected chi connectivity index (χ0v) is 12.0. The molecular formula is C16H16O3S. The Hall–Kier alpha value is -1.94. The van der Waals surface area contributed by atoms with Crippen molar-refractivity contribution < 1.29 is 13.7 Å². The summed E-state index contributed by atoms with van der Waals surface area (Å²) in [7, 11) is -1.39. The first-order chi connectivity index (χ1) is 9.68. The largest absolute Gasteiger partial charge is 0.460 e. The molecule has 3 nitrogen and oxygen atoms in total. The molecule has 20 heavy (non-hydrogen) atoms. The monoisotopic (exact) mass is 288 g/mol. The van der Waals surface area contributed by atoms with Gasteiger partial charge in [0.2, 0.25) is 0 Å². The van der Waals surface area contributed by atoms with Gasteiger partial charge in [-0.1, -0.05) is 48.5 Å². The first kappa shape index (κ1) is 14.5. The molecule has 0 heterocycles. The zero-order valence-electron chi connectivity index (χ0n) is 11.2. The number of benzene rings is 2. The summed E-state index contributed by atoms with van der Waals surface area (Å²) in [5.41, 5.74) is 0.915. The summed E-state index contributed by atoms with van der Waals surface area (Å²) in [5.74, 6) is -0.448. The second kappa shape index (κ2) is 7.01. The third-order valence-electron chi connectivity index (χ3n) is 2.85. The smallest absolute Gasteiger partial charge is 0.322 e. The molecule has 2 aromatic rings.